The zero-order chi connectivity index (χ0) is 11.0. The number of hydrogen-bond acceptors (Lipinski definition) is 2. The lowest BCUT2D eigenvalue weighted by atomic mass is 10.1. The average Bonchev–Trinajstić information content (AvgIpc) is 2.55. The molecule has 0 saturated carbocycles. The molecule has 0 radical (unpaired) electrons. The van der Waals surface area contributed by atoms with Gasteiger partial charge in [0.25, 0.3) is 0 Å². The van der Waals surface area contributed by atoms with Gasteiger partial charge in [0.2, 0.25) is 0 Å². The van der Waals surface area contributed by atoms with Crippen LogP contribution >= 0.6 is 0 Å². The average molecular weight is 207 g/mol. The van der Waals surface area contributed by atoms with Crippen molar-refractivity contribution in [3.05, 3.63) is 35.3 Å². The zero-order valence-corrected chi connectivity index (χ0v) is 9.10. The van der Waals surface area contributed by atoms with E-state index < -0.39 is 0 Å². The van der Waals surface area contributed by atoms with Crippen LogP contribution in [-0.2, 0) is 0 Å². The fraction of sp³-hybridized carbons (Fsp3) is 0.333. The van der Waals surface area contributed by atoms with Gasteiger partial charge in [0, 0.05) is 10.9 Å². The van der Waals surface area contributed by atoms with Crippen LogP contribution in [0.4, 0.5) is 4.39 Å². The Morgan fingerprint density at radius 1 is 1.40 bits per heavy atom. The highest BCUT2D eigenvalue weighted by molar-refractivity contribution is 5.82. The fourth-order valence-corrected chi connectivity index (χ4v) is 1.76. The summed E-state index contributed by atoms with van der Waals surface area (Å²) < 4.78 is 18.7. The molecule has 1 N–H and O–H groups in total. The second-order valence-corrected chi connectivity index (χ2v) is 3.74. The number of hydrogen-bond donors (Lipinski definition) is 1. The van der Waals surface area contributed by atoms with Gasteiger partial charge in [-0.05, 0) is 39.1 Å². The molecule has 0 fully saturated rings. The number of halogens is 1. The van der Waals surface area contributed by atoms with Crippen molar-refractivity contribution in [2.75, 3.05) is 7.05 Å². The number of nitrogens with one attached hydrogen (secondary N) is 1. The van der Waals surface area contributed by atoms with Crippen LogP contribution in [0.5, 0.6) is 0 Å². The molecule has 1 atom stereocenters. The third-order valence-electron chi connectivity index (χ3n) is 2.76. The minimum Gasteiger partial charge on any atom is -0.459 e. The van der Waals surface area contributed by atoms with Crippen LogP contribution in [0.1, 0.15) is 24.3 Å². The molecule has 0 bridgehead atoms. The smallest absolute Gasteiger partial charge is 0.134 e. The molecule has 1 aromatic heterocycles. The number of benzene rings is 1. The Kier molecular flexibility index (Phi) is 2.49. The molecule has 0 aliphatic heterocycles. The summed E-state index contributed by atoms with van der Waals surface area (Å²) in [5.41, 5.74) is 1.75. The standard InChI is InChI=1S/C12H14FNO/c1-7-10-6-9(13)4-5-11(10)15-12(7)8(2)14-3/h4-6,8,14H,1-3H3. The van der Waals surface area contributed by atoms with Crippen LogP contribution in [0, 0.1) is 12.7 Å². The van der Waals surface area contributed by atoms with Gasteiger partial charge in [0.15, 0.2) is 0 Å². The molecule has 80 valence electrons. The van der Waals surface area contributed by atoms with Crippen LogP contribution in [0.25, 0.3) is 11.0 Å². The second-order valence-electron chi connectivity index (χ2n) is 3.74. The SMILES string of the molecule is CNC(C)c1oc2ccc(F)cc2c1C. The minimum absolute atomic E-state index is 0.139. The van der Waals surface area contributed by atoms with Gasteiger partial charge in [0.1, 0.15) is 17.2 Å². The number of aryl methyl sites for hydroxylation is 1. The lowest BCUT2D eigenvalue weighted by molar-refractivity contribution is 0.471. The van der Waals surface area contributed by atoms with Crippen molar-refractivity contribution in [2.24, 2.45) is 0 Å². The number of fused-ring (bicyclic) bond motifs is 1. The Hall–Kier alpha value is -1.35. The number of rotatable bonds is 2. The van der Waals surface area contributed by atoms with Gasteiger partial charge in [-0.25, -0.2) is 4.39 Å². The van der Waals surface area contributed by atoms with E-state index in [-0.39, 0.29) is 11.9 Å². The molecule has 1 heterocycles. The first-order valence-corrected chi connectivity index (χ1v) is 4.99. The molecule has 2 aromatic rings. The first-order valence-electron chi connectivity index (χ1n) is 4.99. The lowest BCUT2D eigenvalue weighted by Crippen LogP contribution is -2.12. The summed E-state index contributed by atoms with van der Waals surface area (Å²) in [6.45, 7) is 3.97. The van der Waals surface area contributed by atoms with Crippen LogP contribution in [0.2, 0.25) is 0 Å². The predicted octanol–water partition coefficient (Wildman–Crippen LogP) is 3.16. The Labute approximate surface area is 88.1 Å². The molecule has 0 saturated heterocycles. The van der Waals surface area contributed by atoms with E-state index in [1.807, 2.05) is 20.9 Å². The monoisotopic (exact) mass is 207 g/mol. The van der Waals surface area contributed by atoms with Gasteiger partial charge in [0.05, 0.1) is 6.04 Å². The summed E-state index contributed by atoms with van der Waals surface area (Å²) in [4.78, 5) is 0. The Balaban J connectivity index is 2.64. The molecule has 1 aromatic carbocycles. The Bertz CT molecular complexity index is 490. The third kappa shape index (κ3) is 1.63. The summed E-state index contributed by atoms with van der Waals surface area (Å²) in [6, 6.07) is 4.74. The predicted molar refractivity (Wildman–Crippen MR) is 58.4 cm³/mol. The summed E-state index contributed by atoms with van der Waals surface area (Å²) >= 11 is 0. The Morgan fingerprint density at radius 3 is 2.80 bits per heavy atom. The number of furan rings is 1. The van der Waals surface area contributed by atoms with Gasteiger partial charge in [-0.15, -0.1) is 0 Å². The largest absolute Gasteiger partial charge is 0.459 e. The molecule has 1 unspecified atom stereocenters. The highest BCUT2D eigenvalue weighted by atomic mass is 19.1. The molecular formula is C12H14FNO. The summed E-state index contributed by atoms with van der Waals surface area (Å²) in [5.74, 6) is 0.646. The molecule has 0 aliphatic rings. The van der Waals surface area contributed by atoms with E-state index in [9.17, 15) is 4.39 Å². The maximum absolute atomic E-state index is 13.1. The summed E-state index contributed by atoms with van der Waals surface area (Å²) in [6.07, 6.45) is 0. The van der Waals surface area contributed by atoms with Gasteiger partial charge in [-0.3, -0.25) is 0 Å². The van der Waals surface area contributed by atoms with Crippen LogP contribution in [-0.4, -0.2) is 7.05 Å². The van der Waals surface area contributed by atoms with E-state index in [1.165, 1.54) is 12.1 Å². The quantitative estimate of drug-likeness (QED) is 0.818. The normalized spacial score (nSPS) is 13.3. The van der Waals surface area contributed by atoms with Crippen molar-refractivity contribution in [2.45, 2.75) is 19.9 Å². The van der Waals surface area contributed by atoms with Crippen molar-refractivity contribution < 1.29 is 8.81 Å². The third-order valence-corrected chi connectivity index (χ3v) is 2.76. The molecule has 0 amide bonds. The van der Waals surface area contributed by atoms with E-state index in [0.29, 0.717) is 0 Å². The first kappa shape index (κ1) is 10.2. The van der Waals surface area contributed by atoms with Gasteiger partial charge in [-0.1, -0.05) is 0 Å². The van der Waals surface area contributed by atoms with Gasteiger partial charge >= 0.3 is 0 Å². The highest BCUT2D eigenvalue weighted by Gasteiger charge is 2.15. The van der Waals surface area contributed by atoms with E-state index in [4.69, 9.17) is 4.42 Å². The van der Waals surface area contributed by atoms with Crippen molar-refractivity contribution in [3.63, 3.8) is 0 Å². The van der Waals surface area contributed by atoms with E-state index in [1.54, 1.807) is 6.07 Å². The maximum atomic E-state index is 13.1. The summed E-state index contributed by atoms with van der Waals surface area (Å²) in [7, 11) is 1.87. The highest BCUT2D eigenvalue weighted by Crippen LogP contribution is 2.29. The molecule has 2 rings (SSSR count). The van der Waals surface area contributed by atoms with Crippen LogP contribution in [0.15, 0.2) is 22.6 Å². The molecular weight excluding hydrogens is 193 g/mol. The van der Waals surface area contributed by atoms with E-state index in [2.05, 4.69) is 5.32 Å². The molecule has 0 spiro atoms. The molecule has 3 heteroatoms. The van der Waals surface area contributed by atoms with E-state index in [0.717, 1.165) is 22.3 Å². The minimum atomic E-state index is -0.227. The maximum Gasteiger partial charge on any atom is 0.134 e. The zero-order valence-electron chi connectivity index (χ0n) is 9.10. The van der Waals surface area contributed by atoms with Gasteiger partial charge in [-0.2, -0.15) is 0 Å². The second kappa shape index (κ2) is 3.66. The van der Waals surface area contributed by atoms with Crippen molar-refractivity contribution in [3.8, 4) is 0 Å². The van der Waals surface area contributed by atoms with Crippen molar-refractivity contribution in [1.29, 1.82) is 0 Å². The van der Waals surface area contributed by atoms with Crippen molar-refractivity contribution >= 4 is 11.0 Å². The van der Waals surface area contributed by atoms with Crippen molar-refractivity contribution in [1.82, 2.24) is 5.32 Å². The van der Waals surface area contributed by atoms with Crippen LogP contribution in [0.3, 0.4) is 0 Å². The van der Waals surface area contributed by atoms with Gasteiger partial charge < -0.3 is 9.73 Å². The summed E-state index contributed by atoms with van der Waals surface area (Å²) in [5, 5.41) is 3.96. The lowest BCUT2D eigenvalue weighted by Gasteiger charge is -2.06. The molecule has 15 heavy (non-hydrogen) atoms. The first-order chi connectivity index (χ1) is 7.13. The molecule has 0 aliphatic carbocycles. The fourth-order valence-electron chi connectivity index (χ4n) is 1.76. The Morgan fingerprint density at radius 2 is 2.13 bits per heavy atom. The topological polar surface area (TPSA) is 25.2 Å². The van der Waals surface area contributed by atoms with E-state index >= 15 is 0 Å². The molecule has 2 nitrogen and oxygen atoms in total. The van der Waals surface area contributed by atoms with Crippen LogP contribution < -0.4 is 5.32 Å².